The fourth-order valence-corrected chi connectivity index (χ4v) is 4.83. The van der Waals surface area contributed by atoms with Crippen LogP contribution < -0.4 is 10.1 Å². The fraction of sp³-hybridized carbons (Fsp3) is 0.152. The second-order valence-electron chi connectivity index (χ2n) is 9.90. The number of amides is 1. The summed E-state index contributed by atoms with van der Waals surface area (Å²) in [5.74, 6) is 1.27. The Morgan fingerprint density at radius 1 is 0.949 bits per heavy atom. The number of carbonyl (C=O) groups excluding carboxylic acids is 1. The number of nitrogens with zero attached hydrogens (tertiary/aromatic N) is 2. The fourth-order valence-electron chi connectivity index (χ4n) is 4.10. The molecule has 0 saturated carbocycles. The molecule has 0 atom stereocenters. The van der Waals surface area contributed by atoms with Crippen molar-refractivity contribution in [2.75, 3.05) is 5.32 Å². The minimum atomic E-state index is -0.220. The summed E-state index contributed by atoms with van der Waals surface area (Å²) in [6.45, 7) is 6.68. The second kappa shape index (κ2) is 11.5. The van der Waals surface area contributed by atoms with Gasteiger partial charge in [-0.15, -0.1) is 11.3 Å². The molecule has 3 aromatic carbocycles. The molecule has 6 heteroatoms. The van der Waals surface area contributed by atoms with Gasteiger partial charge in [-0.25, -0.2) is 4.68 Å². The number of ether oxygens (including phenoxy) is 1. The molecule has 0 bridgehead atoms. The lowest BCUT2D eigenvalue weighted by atomic mass is 9.82. The standard InChI is InChI=1S/C33H31N3O2S/c1-4-33(2,3)25-13-17-28(18-14-25)38-29-19-15-26(16-20-29)34-31(37)21-12-24-23-36(27-9-6-5-7-10-27)35-32(24)30-11-8-22-39-30/h5-23H,4H2,1-3H3,(H,34,37)/b21-12+. The van der Waals surface area contributed by atoms with Gasteiger partial charge in [-0.2, -0.15) is 5.10 Å². The molecule has 0 aliphatic carbocycles. The lowest BCUT2D eigenvalue weighted by Gasteiger charge is -2.23. The lowest BCUT2D eigenvalue weighted by Crippen LogP contribution is -2.14. The molecule has 0 unspecified atom stereocenters. The number of carbonyl (C=O) groups is 1. The first-order valence-electron chi connectivity index (χ1n) is 13.0. The van der Waals surface area contributed by atoms with E-state index in [4.69, 9.17) is 9.84 Å². The summed E-state index contributed by atoms with van der Waals surface area (Å²) in [6, 6.07) is 29.6. The summed E-state index contributed by atoms with van der Waals surface area (Å²) in [7, 11) is 0. The van der Waals surface area contributed by atoms with Crippen molar-refractivity contribution in [1.82, 2.24) is 9.78 Å². The third-order valence-corrected chi connectivity index (χ3v) is 7.69. The average Bonchev–Trinajstić information content (AvgIpc) is 3.64. The zero-order chi connectivity index (χ0) is 27.2. The van der Waals surface area contributed by atoms with Gasteiger partial charge in [0, 0.05) is 23.5 Å². The number of hydrogen-bond acceptors (Lipinski definition) is 4. The van der Waals surface area contributed by atoms with Crippen LogP contribution in [0.5, 0.6) is 11.5 Å². The maximum Gasteiger partial charge on any atom is 0.248 e. The highest BCUT2D eigenvalue weighted by atomic mass is 32.1. The van der Waals surface area contributed by atoms with Crippen LogP contribution in [-0.2, 0) is 10.2 Å². The van der Waals surface area contributed by atoms with Gasteiger partial charge in [-0.05, 0) is 83.5 Å². The molecule has 0 aliphatic rings. The molecule has 0 saturated heterocycles. The maximum atomic E-state index is 12.7. The van der Waals surface area contributed by atoms with Gasteiger partial charge in [0.05, 0.1) is 10.6 Å². The summed E-state index contributed by atoms with van der Waals surface area (Å²) in [5.41, 5.74) is 4.79. The van der Waals surface area contributed by atoms with E-state index in [1.54, 1.807) is 17.4 Å². The second-order valence-corrected chi connectivity index (χ2v) is 10.8. The van der Waals surface area contributed by atoms with Gasteiger partial charge in [0.25, 0.3) is 0 Å². The Kier molecular flexibility index (Phi) is 7.75. The van der Waals surface area contributed by atoms with Crippen molar-refractivity contribution >= 4 is 29.0 Å². The predicted octanol–water partition coefficient (Wildman–Crippen LogP) is 8.73. The molecule has 39 heavy (non-hydrogen) atoms. The maximum absolute atomic E-state index is 12.7. The summed E-state index contributed by atoms with van der Waals surface area (Å²) >= 11 is 1.62. The van der Waals surface area contributed by atoms with Gasteiger partial charge in [0.15, 0.2) is 0 Å². The van der Waals surface area contributed by atoms with Gasteiger partial charge in [-0.3, -0.25) is 4.79 Å². The van der Waals surface area contributed by atoms with Crippen LogP contribution in [0.15, 0.2) is 109 Å². The van der Waals surface area contributed by atoms with E-state index in [0.29, 0.717) is 11.4 Å². The van der Waals surface area contributed by atoms with Crippen LogP contribution in [0, 0.1) is 0 Å². The summed E-state index contributed by atoms with van der Waals surface area (Å²) in [6.07, 6.45) is 6.35. The number of rotatable bonds is 9. The van der Waals surface area contributed by atoms with E-state index in [2.05, 4.69) is 38.2 Å². The van der Waals surface area contributed by atoms with Crippen molar-refractivity contribution in [3.8, 4) is 27.8 Å². The number of para-hydroxylation sites is 1. The minimum Gasteiger partial charge on any atom is -0.457 e. The molecule has 0 aliphatic heterocycles. The third-order valence-electron chi connectivity index (χ3n) is 6.81. The Balaban J connectivity index is 1.24. The molecular weight excluding hydrogens is 502 g/mol. The molecule has 5 rings (SSSR count). The highest BCUT2D eigenvalue weighted by Crippen LogP contribution is 2.31. The van der Waals surface area contributed by atoms with Crippen molar-refractivity contribution < 1.29 is 9.53 Å². The number of aromatic nitrogens is 2. The summed E-state index contributed by atoms with van der Waals surface area (Å²) in [4.78, 5) is 13.8. The first-order chi connectivity index (χ1) is 18.9. The molecule has 1 amide bonds. The summed E-state index contributed by atoms with van der Waals surface area (Å²) < 4.78 is 7.83. The van der Waals surface area contributed by atoms with Crippen LogP contribution in [0.4, 0.5) is 5.69 Å². The van der Waals surface area contributed by atoms with Crippen molar-refractivity contribution in [2.45, 2.75) is 32.6 Å². The predicted molar refractivity (Wildman–Crippen MR) is 161 cm³/mol. The molecule has 0 fully saturated rings. The van der Waals surface area contributed by atoms with Crippen LogP contribution in [-0.4, -0.2) is 15.7 Å². The highest BCUT2D eigenvalue weighted by Gasteiger charge is 2.17. The molecule has 5 aromatic rings. The van der Waals surface area contributed by atoms with Gasteiger partial charge in [0.1, 0.15) is 17.2 Å². The van der Waals surface area contributed by atoms with E-state index >= 15 is 0 Å². The molecular formula is C33H31N3O2S. The van der Waals surface area contributed by atoms with E-state index < -0.39 is 0 Å². The Morgan fingerprint density at radius 3 is 2.28 bits per heavy atom. The van der Waals surface area contributed by atoms with Crippen molar-refractivity contribution in [3.63, 3.8) is 0 Å². The Morgan fingerprint density at radius 2 is 1.64 bits per heavy atom. The molecule has 0 spiro atoms. The SMILES string of the molecule is CCC(C)(C)c1ccc(Oc2ccc(NC(=O)/C=C/c3cn(-c4ccccc4)nc3-c3cccs3)cc2)cc1. The Hall–Kier alpha value is -4.42. The molecule has 2 aromatic heterocycles. The van der Waals surface area contributed by atoms with Crippen LogP contribution in [0.2, 0.25) is 0 Å². The smallest absolute Gasteiger partial charge is 0.248 e. The average molecular weight is 534 g/mol. The molecule has 2 heterocycles. The number of thiophene rings is 1. The van der Waals surface area contributed by atoms with Crippen LogP contribution in [0.3, 0.4) is 0 Å². The van der Waals surface area contributed by atoms with Crippen LogP contribution in [0.1, 0.15) is 38.3 Å². The topological polar surface area (TPSA) is 56.1 Å². The number of anilines is 1. The molecule has 5 nitrogen and oxygen atoms in total. The molecule has 1 N–H and O–H groups in total. The largest absolute Gasteiger partial charge is 0.457 e. The number of benzene rings is 3. The number of hydrogen-bond donors (Lipinski definition) is 1. The Labute approximate surface area is 233 Å². The summed E-state index contributed by atoms with van der Waals surface area (Å²) in [5, 5.41) is 9.72. The van der Waals surface area contributed by atoms with Gasteiger partial charge >= 0.3 is 0 Å². The van der Waals surface area contributed by atoms with E-state index in [-0.39, 0.29) is 11.3 Å². The minimum absolute atomic E-state index is 0.140. The van der Waals surface area contributed by atoms with E-state index in [1.807, 2.05) is 95.1 Å². The first-order valence-corrected chi connectivity index (χ1v) is 13.9. The van der Waals surface area contributed by atoms with Gasteiger partial charge in [0.2, 0.25) is 5.91 Å². The van der Waals surface area contributed by atoms with Gasteiger partial charge in [-0.1, -0.05) is 57.2 Å². The van der Waals surface area contributed by atoms with Crippen molar-refractivity contribution in [2.24, 2.45) is 0 Å². The highest BCUT2D eigenvalue weighted by molar-refractivity contribution is 7.13. The van der Waals surface area contributed by atoms with Gasteiger partial charge < -0.3 is 10.1 Å². The number of nitrogens with one attached hydrogen (secondary N) is 1. The van der Waals surface area contributed by atoms with E-state index in [9.17, 15) is 4.79 Å². The van der Waals surface area contributed by atoms with E-state index in [1.165, 1.54) is 11.6 Å². The monoisotopic (exact) mass is 533 g/mol. The Bertz CT molecular complexity index is 1550. The van der Waals surface area contributed by atoms with Crippen molar-refractivity contribution in [1.29, 1.82) is 0 Å². The third kappa shape index (κ3) is 6.36. The molecule has 0 radical (unpaired) electrons. The normalized spacial score (nSPS) is 11.6. The van der Waals surface area contributed by atoms with Crippen LogP contribution in [0.25, 0.3) is 22.3 Å². The first kappa shape index (κ1) is 26.2. The van der Waals surface area contributed by atoms with E-state index in [0.717, 1.165) is 34.0 Å². The van der Waals surface area contributed by atoms with Crippen molar-refractivity contribution in [3.05, 3.63) is 120 Å². The van der Waals surface area contributed by atoms with Crippen LogP contribution >= 0.6 is 11.3 Å². The lowest BCUT2D eigenvalue weighted by molar-refractivity contribution is -0.111. The molecule has 196 valence electrons. The zero-order valence-electron chi connectivity index (χ0n) is 22.3. The quantitative estimate of drug-likeness (QED) is 0.193. The zero-order valence-corrected chi connectivity index (χ0v) is 23.1.